The van der Waals surface area contributed by atoms with E-state index in [1.165, 1.54) is 5.69 Å². The fraction of sp³-hybridized carbons (Fsp3) is 0.294. The lowest BCUT2D eigenvalue weighted by Crippen LogP contribution is -2.17. The van der Waals surface area contributed by atoms with Crippen LogP contribution in [0.15, 0.2) is 42.5 Å². The van der Waals surface area contributed by atoms with E-state index >= 15 is 0 Å². The van der Waals surface area contributed by atoms with Crippen molar-refractivity contribution in [2.75, 3.05) is 37.5 Å². The third-order valence-electron chi connectivity index (χ3n) is 3.51. The normalized spacial score (nSPS) is 12.9. The molecule has 0 fully saturated rings. The Kier molecular flexibility index (Phi) is 3.86. The van der Waals surface area contributed by atoms with Crippen LogP contribution in [-0.4, -0.2) is 27.3 Å². The maximum absolute atomic E-state index is 5.72. The first-order valence-electron chi connectivity index (χ1n) is 7.13. The molecule has 1 aliphatic rings. The van der Waals surface area contributed by atoms with E-state index in [1.54, 1.807) is 0 Å². The molecule has 4 heteroatoms. The molecule has 0 bridgehead atoms. The molecule has 1 heterocycles. The third kappa shape index (κ3) is 3.05. The average molecular weight is 284 g/mol. The van der Waals surface area contributed by atoms with Gasteiger partial charge in [-0.1, -0.05) is 12.1 Å². The fourth-order valence-electron chi connectivity index (χ4n) is 2.35. The van der Waals surface area contributed by atoms with Gasteiger partial charge in [-0.05, 0) is 30.3 Å². The highest BCUT2D eigenvalue weighted by Gasteiger charge is 2.15. The largest absolute Gasteiger partial charge is 0.486 e. The smallest absolute Gasteiger partial charge is 0.166 e. The molecule has 1 aliphatic heterocycles. The molecule has 110 valence electrons. The number of hydrogen-bond donors (Lipinski definition) is 1. The van der Waals surface area contributed by atoms with Crippen LogP contribution in [0.5, 0.6) is 11.5 Å². The average Bonchev–Trinajstić information content (AvgIpc) is 2.53. The van der Waals surface area contributed by atoms with Gasteiger partial charge in [0.15, 0.2) is 11.5 Å². The quantitative estimate of drug-likeness (QED) is 0.935. The van der Waals surface area contributed by atoms with Crippen molar-refractivity contribution in [2.24, 2.45) is 0 Å². The van der Waals surface area contributed by atoms with E-state index in [9.17, 15) is 0 Å². The summed E-state index contributed by atoms with van der Waals surface area (Å²) in [6.45, 7) is 1.95. The van der Waals surface area contributed by atoms with Gasteiger partial charge in [-0.15, -0.1) is 0 Å². The molecule has 2 aromatic rings. The van der Waals surface area contributed by atoms with Crippen LogP contribution in [0.3, 0.4) is 0 Å². The number of rotatable bonds is 4. The number of hydrogen-bond acceptors (Lipinski definition) is 4. The summed E-state index contributed by atoms with van der Waals surface area (Å²) in [6.07, 6.45) is 0. The van der Waals surface area contributed by atoms with E-state index in [0.717, 1.165) is 22.7 Å². The molecule has 0 spiro atoms. The number of para-hydroxylation sites is 1. The summed E-state index contributed by atoms with van der Waals surface area (Å²) in [5, 5.41) is 3.42. The van der Waals surface area contributed by atoms with E-state index in [0.29, 0.717) is 19.8 Å². The Morgan fingerprint density at radius 3 is 2.52 bits per heavy atom. The Morgan fingerprint density at radius 2 is 1.76 bits per heavy atom. The minimum absolute atomic E-state index is 0.613. The molecule has 0 unspecified atom stereocenters. The summed E-state index contributed by atoms with van der Waals surface area (Å²) in [7, 11) is 4.08. The molecule has 0 saturated carbocycles. The first-order valence-corrected chi connectivity index (χ1v) is 7.13. The van der Waals surface area contributed by atoms with Crippen LogP contribution in [0.25, 0.3) is 0 Å². The Bertz CT molecular complexity index is 609. The molecule has 1 N–H and O–H groups in total. The van der Waals surface area contributed by atoms with E-state index in [1.807, 2.05) is 26.2 Å². The lowest BCUT2D eigenvalue weighted by molar-refractivity contribution is 0.170. The standard InChI is InChI=1S/C17H20N2O2/c1-19(2)15-8-6-14(7-9-15)18-12-13-4-3-5-16-17(13)21-11-10-20-16/h3-9,18H,10-12H2,1-2H3. The van der Waals surface area contributed by atoms with Crippen molar-refractivity contribution in [3.63, 3.8) is 0 Å². The summed E-state index contributed by atoms with van der Waals surface area (Å²) in [5.74, 6) is 1.70. The minimum Gasteiger partial charge on any atom is -0.486 e. The van der Waals surface area contributed by atoms with Gasteiger partial charge in [-0.2, -0.15) is 0 Å². The van der Waals surface area contributed by atoms with Gasteiger partial charge in [-0.3, -0.25) is 0 Å². The number of nitrogens with zero attached hydrogens (tertiary/aromatic N) is 1. The molecule has 2 aromatic carbocycles. The third-order valence-corrected chi connectivity index (χ3v) is 3.51. The van der Waals surface area contributed by atoms with Gasteiger partial charge in [0.25, 0.3) is 0 Å². The fourth-order valence-corrected chi connectivity index (χ4v) is 2.35. The van der Waals surface area contributed by atoms with Gasteiger partial charge in [0, 0.05) is 37.6 Å². The number of ether oxygens (including phenoxy) is 2. The monoisotopic (exact) mass is 284 g/mol. The zero-order valence-corrected chi connectivity index (χ0v) is 12.4. The van der Waals surface area contributed by atoms with Crippen LogP contribution in [0.1, 0.15) is 5.56 Å². The van der Waals surface area contributed by atoms with Crippen molar-refractivity contribution in [1.82, 2.24) is 0 Å². The van der Waals surface area contributed by atoms with E-state index < -0.39 is 0 Å². The highest BCUT2D eigenvalue weighted by molar-refractivity contribution is 5.55. The highest BCUT2D eigenvalue weighted by atomic mass is 16.6. The zero-order valence-electron chi connectivity index (χ0n) is 12.4. The van der Waals surface area contributed by atoms with Crippen molar-refractivity contribution in [2.45, 2.75) is 6.54 Å². The predicted octanol–water partition coefficient (Wildman–Crippen LogP) is 3.14. The molecule has 0 radical (unpaired) electrons. The second-order valence-corrected chi connectivity index (χ2v) is 5.24. The molecule has 4 nitrogen and oxygen atoms in total. The summed E-state index contributed by atoms with van der Waals surface area (Å²) >= 11 is 0. The van der Waals surface area contributed by atoms with Crippen LogP contribution in [-0.2, 0) is 6.54 Å². The van der Waals surface area contributed by atoms with Crippen molar-refractivity contribution in [3.05, 3.63) is 48.0 Å². The first kappa shape index (κ1) is 13.6. The van der Waals surface area contributed by atoms with Crippen LogP contribution >= 0.6 is 0 Å². The van der Waals surface area contributed by atoms with Gasteiger partial charge in [0.1, 0.15) is 13.2 Å². The second-order valence-electron chi connectivity index (χ2n) is 5.24. The van der Waals surface area contributed by atoms with Crippen LogP contribution in [0.2, 0.25) is 0 Å². The molecule has 0 aromatic heterocycles. The van der Waals surface area contributed by atoms with E-state index in [-0.39, 0.29) is 0 Å². The predicted molar refractivity (Wildman–Crippen MR) is 85.5 cm³/mol. The summed E-state index contributed by atoms with van der Waals surface area (Å²) in [4.78, 5) is 2.09. The summed E-state index contributed by atoms with van der Waals surface area (Å²) in [5.41, 5.74) is 3.40. The van der Waals surface area contributed by atoms with Gasteiger partial charge >= 0.3 is 0 Å². The summed E-state index contributed by atoms with van der Waals surface area (Å²) < 4.78 is 11.3. The maximum Gasteiger partial charge on any atom is 0.166 e. The molecule has 0 atom stereocenters. The topological polar surface area (TPSA) is 33.7 Å². The molecule has 3 rings (SSSR count). The Balaban J connectivity index is 1.70. The number of anilines is 2. The number of nitrogens with one attached hydrogen (secondary N) is 1. The van der Waals surface area contributed by atoms with Gasteiger partial charge in [0.05, 0.1) is 0 Å². The van der Waals surface area contributed by atoms with E-state index in [2.05, 4.69) is 40.5 Å². The minimum atomic E-state index is 0.613. The Labute approximate surface area is 125 Å². The summed E-state index contributed by atoms with van der Waals surface area (Å²) in [6, 6.07) is 14.4. The van der Waals surface area contributed by atoms with Gasteiger partial charge in [-0.25, -0.2) is 0 Å². The first-order chi connectivity index (χ1) is 10.2. The Hall–Kier alpha value is -2.36. The Morgan fingerprint density at radius 1 is 1.00 bits per heavy atom. The van der Waals surface area contributed by atoms with Crippen molar-refractivity contribution < 1.29 is 9.47 Å². The number of benzene rings is 2. The lowest BCUT2D eigenvalue weighted by Gasteiger charge is -2.21. The zero-order chi connectivity index (χ0) is 14.7. The molecule has 21 heavy (non-hydrogen) atoms. The second kappa shape index (κ2) is 5.95. The molecule has 0 saturated heterocycles. The lowest BCUT2D eigenvalue weighted by atomic mass is 10.1. The number of fused-ring (bicyclic) bond motifs is 1. The SMILES string of the molecule is CN(C)c1ccc(NCc2cccc3c2OCCO3)cc1. The molecular formula is C17H20N2O2. The molecule has 0 amide bonds. The maximum atomic E-state index is 5.72. The van der Waals surface area contributed by atoms with Crippen LogP contribution < -0.4 is 19.7 Å². The molecule has 0 aliphatic carbocycles. The van der Waals surface area contributed by atoms with Gasteiger partial charge in [0.2, 0.25) is 0 Å². The van der Waals surface area contributed by atoms with Crippen molar-refractivity contribution in [3.8, 4) is 11.5 Å². The molecular weight excluding hydrogens is 264 g/mol. The van der Waals surface area contributed by atoms with Crippen molar-refractivity contribution >= 4 is 11.4 Å². The highest BCUT2D eigenvalue weighted by Crippen LogP contribution is 2.33. The van der Waals surface area contributed by atoms with Crippen LogP contribution in [0.4, 0.5) is 11.4 Å². The van der Waals surface area contributed by atoms with E-state index in [4.69, 9.17) is 9.47 Å². The van der Waals surface area contributed by atoms with Gasteiger partial charge < -0.3 is 19.7 Å². The van der Waals surface area contributed by atoms with Crippen LogP contribution in [0, 0.1) is 0 Å². The van der Waals surface area contributed by atoms with Crippen molar-refractivity contribution in [1.29, 1.82) is 0 Å².